The van der Waals surface area contributed by atoms with Crippen LogP contribution in [-0.2, 0) is 12.8 Å². The summed E-state index contributed by atoms with van der Waals surface area (Å²) in [4.78, 5) is 0. The number of aryl methyl sites for hydroxylation is 1. The van der Waals surface area contributed by atoms with Crippen molar-refractivity contribution in [1.82, 2.24) is 5.32 Å². The van der Waals surface area contributed by atoms with Crippen molar-refractivity contribution in [3.05, 3.63) is 29.3 Å². The molecular weight excluding hydrogens is 222 g/mol. The van der Waals surface area contributed by atoms with E-state index in [1.54, 1.807) is 0 Å². The van der Waals surface area contributed by atoms with E-state index in [-0.39, 0.29) is 0 Å². The Morgan fingerprint density at radius 1 is 1.33 bits per heavy atom. The van der Waals surface area contributed by atoms with Gasteiger partial charge in [0.2, 0.25) is 0 Å². The van der Waals surface area contributed by atoms with Gasteiger partial charge in [0, 0.05) is 12.5 Å². The summed E-state index contributed by atoms with van der Waals surface area (Å²) in [5, 5.41) is 3.46. The molecule has 0 fully saturated rings. The molecule has 2 heteroatoms. The van der Waals surface area contributed by atoms with Gasteiger partial charge in [-0.1, -0.05) is 25.5 Å². The second-order valence-corrected chi connectivity index (χ2v) is 5.25. The van der Waals surface area contributed by atoms with Gasteiger partial charge in [0.1, 0.15) is 5.75 Å². The van der Waals surface area contributed by atoms with Crippen LogP contribution >= 0.6 is 0 Å². The van der Waals surface area contributed by atoms with Crippen LogP contribution in [0.4, 0.5) is 0 Å². The number of rotatable bonds is 7. The van der Waals surface area contributed by atoms with Gasteiger partial charge in [0.25, 0.3) is 0 Å². The number of hydrogen-bond acceptors (Lipinski definition) is 2. The fraction of sp³-hybridized carbons (Fsp3) is 0.625. The van der Waals surface area contributed by atoms with E-state index in [1.165, 1.54) is 36.8 Å². The maximum absolute atomic E-state index is 5.53. The Hall–Kier alpha value is -1.02. The maximum atomic E-state index is 5.53. The molecule has 0 saturated heterocycles. The van der Waals surface area contributed by atoms with Crippen LogP contribution in [0.3, 0.4) is 0 Å². The summed E-state index contributed by atoms with van der Waals surface area (Å²) in [5.74, 6) is 1.10. The Morgan fingerprint density at radius 2 is 2.22 bits per heavy atom. The van der Waals surface area contributed by atoms with E-state index < -0.39 is 0 Å². The van der Waals surface area contributed by atoms with Crippen molar-refractivity contribution < 1.29 is 4.74 Å². The predicted octanol–water partition coefficient (Wildman–Crippen LogP) is 3.33. The molecule has 1 N–H and O–H groups in total. The van der Waals surface area contributed by atoms with Crippen LogP contribution in [0.25, 0.3) is 0 Å². The molecule has 0 amide bonds. The molecule has 18 heavy (non-hydrogen) atoms. The second-order valence-electron chi connectivity index (χ2n) is 5.25. The molecule has 2 nitrogen and oxygen atoms in total. The van der Waals surface area contributed by atoms with Crippen LogP contribution in [0.1, 0.15) is 44.2 Å². The summed E-state index contributed by atoms with van der Waals surface area (Å²) in [6.07, 6.45) is 6.16. The van der Waals surface area contributed by atoms with Crippen molar-refractivity contribution in [3.8, 4) is 5.75 Å². The van der Waals surface area contributed by atoms with Gasteiger partial charge in [0.05, 0.1) is 6.61 Å². The number of fused-ring (bicyclic) bond motifs is 1. The zero-order valence-corrected chi connectivity index (χ0v) is 11.7. The SMILES string of the molecule is CCNC(C)CCCCc1ccc2c(c1)CCO2. The standard InChI is InChI=1S/C16H25NO/c1-3-17-13(2)6-4-5-7-14-8-9-16-15(12-14)10-11-18-16/h8-9,12-13,17H,3-7,10-11H2,1-2H3. The highest BCUT2D eigenvalue weighted by molar-refractivity contribution is 5.39. The monoisotopic (exact) mass is 247 g/mol. The van der Waals surface area contributed by atoms with E-state index in [0.717, 1.165) is 25.3 Å². The summed E-state index contributed by atoms with van der Waals surface area (Å²) in [5.41, 5.74) is 2.86. The molecule has 0 aromatic heterocycles. The predicted molar refractivity (Wildman–Crippen MR) is 76.3 cm³/mol. The van der Waals surface area contributed by atoms with Crippen molar-refractivity contribution in [2.45, 2.75) is 52.0 Å². The molecule has 0 saturated carbocycles. The van der Waals surface area contributed by atoms with E-state index in [1.807, 2.05) is 0 Å². The Kier molecular flexibility index (Phi) is 5.06. The minimum atomic E-state index is 0.656. The van der Waals surface area contributed by atoms with E-state index in [9.17, 15) is 0 Å². The third kappa shape index (κ3) is 3.74. The lowest BCUT2D eigenvalue weighted by molar-refractivity contribution is 0.357. The first-order valence-electron chi connectivity index (χ1n) is 7.27. The molecule has 1 aromatic rings. The molecule has 2 rings (SSSR count). The molecule has 0 bridgehead atoms. The Balaban J connectivity index is 1.70. The topological polar surface area (TPSA) is 21.3 Å². The van der Waals surface area contributed by atoms with Gasteiger partial charge in [-0.15, -0.1) is 0 Å². The minimum Gasteiger partial charge on any atom is -0.493 e. The molecule has 0 aliphatic carbocycles. The normalized spacial score (nSPS) is 15.2. The number of hydrogen-bond donors (Lipinski definition) is 1. The average Bonchev–Trinajstić information content (AvgIpc) is 2.82. The molecule has 1 heterocycles. The van der Waals surface area contributed by atoms with E-state index in [4.69, 9.17) is 4.74 Å². The van der Waals surface area contributed by atoms with Gasteiger partial charge in [-0.3, -0.25) is 0 Å². The summed E-state index contributed by atoms with van der Waals surface area (Å²) < 4.78 is 5.53. The molecule has 1 atom stereocenters. The fourth-order valence-electron chi connectivity index (χ4n) is 2.63. The lowest BCUT2D eigenvalue weighted by atomic mass is 10.0. The highest BCUT2D eigenvalue weighted by Gasteiger charge is 2.11. The van der Waals surface area contributed by atoms with Crippen LogP contribution in [0.2, 0.25) is 0 Å². The average molecular weight is 247 g/mol. The zero-order chi connectivity index (χ0) is 12.8. The van der Waals surface area contributed by atoms with E-state index >= 15 is 0 Å². The summed E-state index contributed by atoms with van der Waals surface area (Å²) >= 11 is 0. The van der Waals surface area contributed by atoms with Crippen LogP contribution in [0.15, 0.2) is 18.2 Å². The summed E-state index contributed by atoms with van der Waals surface area (Å²) in [7, 11) is 0. The largest absolute Gasteiger partial charge is 0.493 e. The third-order valence-corrected chi connectivity index (χ3v) is 3.66. The molecule has 0 spiro atoms. The second kappa shape index (κ2) is 6.79. The van der Waals surface area contributed by atoms with Crippen LogP contribution in [0, 0.1) is 0 Å². The fourth-order valence-corrected chi connectivity index (χ4v) is 2.63. The first-order valence-corrected chi connectivity index (χ1v) is 7.27. The van der Waals surface area contributed by atoms with Crippen LogP contribution in [0.5, 0.6) is 5.75 Å². The molecular formula is C16H25NO. The third-order valence-electron chi connectivity index (χ3n) is 3.66. The molecule has 0 radical (unpaired) electrons. The summed E-state index contributed by atoms with van der Waals surface area (Å²) in [6.45, 7) is 6.38. The molecule has 1 aliphatic heterocycles. The Labute approximate surface area is 111 Å². The van der Waals surface area contributed by atoms with Gasteiger partial charge in [-0.2, -0.15) is 0 Å². The Morgan fingerprint density at radius 3 is 3.06 bits per heavy atom. The quantitative estimate of drug-likeness (QED) is 0.746. The smallest absolute Gasteiger partial charge is 0.122 e. The minimum absolute atomic E-state index is 0.656. The number of benzene rings is 1. The van der Waals surface area contributed by atoms with Gasteiger partial charge in [-0.25, -0.2) is 0 Å². The number of ether oxygens (including phenoxy) is 1. The van der Waals surface area contributed by atoms with E-state index in [0.29, 0.717) is 6.04 Å². The highest BCUT2D eigenvalue weighted by atomic mass is 16.5. The number of nitrogens with one attached hydrogen (secondary N) is 1. The lowest BCUT2D eigenvalue weighted by Crippen LogP contribution is -2.25. The van der Waals surface area contributed by atoms with Crippen molar-refractivity contribution in [3.63, 3.8) is 0 Å². The molecule has 1 unspecified atom stereocenters. The lowest BCUT2D eigenvalue weighted by Gasteiger charge is -2.11. The Bertz CT molecular complexity index is 375. The zero-order valence-electron chi connectivity index (χ0n) is 11.7. The first-order chi connectivity index (χ1) is 8.79. The van der Waals surface area contributed by atoms with Crippen molar-refractivity contribution in [2.75, 3.05) is 13.2 Å². The maximum Gasteiger partial charge on any atom is 0.122 e. The molecule has 1 aromatic carbocycles. The van der Waals surface area contributed by atoms with Crippen LogP contribution < -0.4 is 10.1 Å². The van der Waals surface area contributed by atoms with Crippen molar-refractivity contribution >= 4 is 0 Å². The van der Waals surface area contributed by atoms with Crippen molar-refractivity contribution in [2.24, 2.45) is 0 Å². The van der Waals surface area contributed by atoms with Gasteiger partial charge in [-0.05, 0) is 49.9 Å². The van der Waals surface area contributed by atoms with Crippen LogP contribution in [-0.4, -0.2) is 19.2 Å². The molecule has 1 aliphatic rings. The van der Waals surface area contributed by atoms with Gasteiger partial charge in [0.15, 0.2) is 0 Å². The number of unbranched alkanes of at least 4 members (excludes halogenated alkanes) is 1. The molecule has 100 valence electrons. The van der Waals surface area contributed by atoms with E-state index in [2.05, 4.69) is 37.4 Å². The van der Waals surface area contributed by atoms with Gasteiger partial charge < -0.3 is 10.1 Å². The first kappa shape index (κ1) is 13.4. The van der Waals surface area contributed by atoms with Crippen molar-refractivity contribution in [1.29, 1.82) is 0 Å². The van der Waals surface area contributed by atoms with Gasteiger partial charge >= 0.3 is 0 Å². The summed E-state index contributed by atoms with van der Waals surface area (Å²) in [6, 6.07) is 7.34. The highest BCUT2D eigenvalue weighted by Crippen LogP contribution is 2.26.